The molecule has 0 bridgehead atoms. The molecule has 18 heteroatoms. The monoisotopic (exact) mass is 957 g/mol. The molecule has 5 heterocycles. The number of nitrogen functional groups attached to an aromatic ring is 1. The number of aromatic hydroxyl groups is 1. The number of carbonyl (C=O) groups is 3. The van der Waals surface area contributed by atoms with Crippen molar-refractivity contribution in [2.75, 3.05) is 45.1 Å². The second-order valence-corrected chi connectivity index (χ2v) is 19.0. The van der Waals surface area contributed by atoms with Crippen LogP contribution in [0.1, 0.15) is 73.7 Å². The molecule has 69 heavy (non-hydrogen) atoms. The van der Waals surface area contributed by atoms with E-state index in [1.165, 1.54) is 4.90 Å². The number of aliphatic hydroxyl groups is 1. The van der Waals surface area contributed by atoms with Crippen molar-refractivity contribution in [1.29, 1.82) is 0 Å². The van der Waals surface area contributed by atoms with Crippen LogP contribution in [0, 0.1) is 18.8 Å². The SMILES string of the molecule is Cc1ncsc1-c1ccc([C@H](C)NC(=O)[C@@H]2C[C@@H](O)CN2C(=O)[C@@H](c2cc(OCCN3CC(CC(=O)NCc4ccc(CCOc5cc(-c6ccccc6O)nnc5N)cc4)C3)no2)C(C)C)cc1. The average molecular weight is 958 g/mol. The molecule has 0 aliphatic carbocycles. The maximum Gasteiger partial charge on any atom is 0.254 e. The van der Waals surface area contributed by atoms with E-state index in [1.54, 1.807) is 47.7 Å². The van der Waals surface area contributed by atoms with Gasteiger partial charge in [-0.1, -0.05) is 74.5 Å². The first kappa shape index (κ1) is 48.6. The minimum Gasteiger partial charge on any atom is -0.507 e. The Morgan fingerprint density at radius 3 is 2.42 bits per heavy atom. The van der Waals surface area contributed by atoms with Gasteiger partial charge >= 0.3 is 0 Å². The lowest BCUT2D eigenvalue weighted by atomic mass is 9.91. The Hall–Kier alpha value is -6.89. The lowest BCUT2D eigenvalue weighted by Gasteiger charge is -2.38. The Balaban J connectivity index is 0.730. The number of phenolic OH excluding ortho intramolecular Hbond substituents is 1. The van der Waals surface area contributed by atoms with E-state index in [4.69, 9.17) is 19.7 Å². The van der Waals surface area contributed by atoms with Gasteiger partial charge in [-0.3, -0.25) is 19.3 Å². The van der Waals surface area contributed by atoms with Crippen molar-refractivity contribution in [2.24, 2.45) is 11.8 Å². The summed E-state index contributed by atoms with van der Waals surface area (Å²) < 4.78 is 17.5. The average Bonchev–Trinajstić information content (AvgIpc) is 4.08. The van der Waals surface area contributed by atoms with Crippen LogP contribution in [0.5, 0.6) is 17.4 Å². The highest BCUT2D eigenvalue weighted by atomic mass is 32.1. The molecule has 0 radical (unpaired) electrons. The van der Waals surface area contributed by atoms with E-state index in [2.05, 4.69) is 35.9 Å². The Labute approximate surface area is 405 Å². The van der Waals surface area contributed by atoms with E-state index in [0.717, 1.165) is 45.9 Å². The van der Waals surface area contributed by atoms with E-state index >= 15 is 0 Å². The molecule has 2 fully saturated rings. The number of phenols is 1. The van der Waals surface area contributed by atoms with E-state index in [0.29, 0.717) is 61.9 Å². The number of rotatable bonds is 20. The van der Waals surface area contributed by atoms with Crippen molar-refractivity contribution >= 4 is 34.9 Å². The number of β-amino-alcohol motifs (C(OH)–C–C–N with tert-alkyl or cyclic N) is 1. The smallest absolute Gasteiger partial charge is 0.254 e. The van der Waals surface area contributed by atoms with Gasteiger partial charge < -0.3 is 45.5 Å². The zero-order valence-corrected chi connectivity index (χ0v) is 40.0. The van der Waals surface area contributed by atoms with E-state index < -0.39 is 18.1 Å². The molecule has 2 aliphatic heterocycles. The number of hydrogen-bond donors (Lipinski definition) is 5. The van der Waals surface area contributed by atoms with Gasteiger partial charge in [0, 0.05) is 69.7 Å². The van der Waals surface area contributed by atoms with Crippen molar-refractivity contribution in [3.05, 3.63) is 119 Å². The molecule has 0 spiro atoms. The number of aromatic nitrogens is 4. The molecule has 6 aromatic rings. The summed E-state index contributed by atoms with van der Waals surface area (Å²) in [4.78, 5) is 49.7. The maximum atomic E-state index is 14.1. The van der Waals surface area contributed by atoms with Gasteiger partial charge in [0.15, 0.2) is 17.3 Å². The second-order valence-electron chi connectivity index (χ2n) is 18.2. The normalized spacial score (nSPS) is 17.0. The largest absolute Gasteiger partial charge is 0.507 e. The molecule has 3 aromatic heterocycles. The standard InChI is InChI=1S/C51H59N9O8S/c1-30(2)47(51(65)60-28-38(61)22-41(60)50(64)55-31(3)36-13-15-37(16-14-36)48-32(4)54-29-69-48)43-24-46(58-68-43)67-20-18-59-26-35(27-59)21-45(63)53-25-34-11-9-33(10-12-34)17-19-66-44-23-40(56-57-49(44)52)39-7-5-6-8-42(39)62/h5-16,23-24,29-31,35,38,41,47,61-62H,17-22,25-28H2,1-4H3,(H2,52,57)(H,53,63)(H,55,64)/t31-,38+,41-,47+/m0/s1. The highest BCUT2D eigenvalue weighted by Crippen LogP contribution is 2.34. The molecule has 0 saturated carbocycles. The Kier molecular flexibility index (Phi) is 15.5. The van der Waals surface area contributed by atoms with Crippen molar-refractivity contribution < 1.29 is 38.6 Å². The highest BCUT2D eigenvalue weighted by molar-refractivity contribution is 7.13. The number of benzene rings is 3. The van der Waals surface area contributed by atoms with Crippen LogP contribution in [-0.2, 0) is 27.3 Å². The van der Waals surface area contributed by atoms with E-state index in [-0.39, 0.29) is 66.0 Å². The zero-order chi connectivity index (χ0) is 48.6. The molecule has 17 nitrogen and oxygen atoms in total. The molecule has 3 aromatic carbocycles. The number of aryl methyl sites for hydroxylation is 1. The van der Waals surface area contributed by atoms with Crippen LogP contribution in [0.15, 0.2) is 95.0 Å². The third-order valence-corrected chi connectivity index (χ3v) is 13.7. The number of hydrogen-bond acceptors (Lipinski definition) is 15. The van der Waals surface area contributed by atoms with Crippen LogP contribution in [0.4, 0.5) is 5.82 Å². The van der Waals surface area contributed by atoms with E-state index in [1.807, 2.05) is 81.7 Å². The first-order valence-corrected chi connectivity index (χ1v) is 24.2. The van der Waals surface area contributed by atoms with Crippen molar-refractivity contribution in [3.8, 4) is 39.1 Å². The zero-order valence-electron chi connectivity index (χ0n) is 39.2. The first-order valence-electron chi connectivity index (χ1n) is 23.3. The Morgan fingerprint density at radius 1 is 0.942 bits per heavy atom. The predicted molar refractivity (Wildman–Crippen MR) is 260 cm³/mol. The third-order valence-electron chi connectivity index (χ3n) is 12.7. The van der Waals surface area contributed by atoms with Gasteiger partial charge in [-0.15, -0.1) is 21.5 Å². The minimum absolute atomic E-state index is 0.00129. The van der Waals surface area contributed by atoms with E-state index in [9.17, 15) is 24.6 Å². The van der Waals surface area contributed by atoms with Gasteiger partial charge in [-0.2, -0.15) is 0 Å². The summed E-state index contributed by atoms with van der Waals surface area (Å²) in [7, 11) is 0. The van der Waals surface area contributed by atoms with Gasteiger partial charge in [-0.05, 0) is 65.2 Å². The van der Waals surface area contributed by atoms with Gasteiger partial charge in [0.25, 0.3) is 5.88 Å². The molecule has 8 rings (SSSR count). The van der Waals surface area contributed by atoms with Crippen molar-refractivity contribution in [3.63, 3.8) is 0 Å². The molecule has 362 valence electrons. The topological polar surface area (TPSA) is 231 Å². The number of thiazole rings is 1. The summed E-state index contributed by atoms with van der Waals surface area (Å²) in [5.74, 6) is -0.0991. The number of likely N-dealkylation sites (tertiary alicyclic amines) is 2. The van der Waals surface area contributed by atoms with Crippen LogP contribution >= 0.6 is 11.3 Å². The lowest BCUT2D eigenvalue weighted by molar-refractivity contribution is -0.141. The number of nitrogens with zero attached hydrogens (tertiary/aromatic N) is 6. The molecule has 3 amide bonds. The Bertz CT molecular complexity index is 2700. The second kappa shape index (κ2) is 22.0. The fourth-order valence-electron chi connectivity index (χ4n) is 8.83. The van der Waals surface area contributed by atoms with Crippen LogP contribution in [0.25, 0.3) is 21.7 Å². The number of aliphatic hydroxyl groups excluding tert-OH is 1. The van der Waals surface area contributed by atoms with Gasteiger partial charge in [0.2, 0.25) is 17.7 Å². The number of anilines is 1. The van der Waals surface area contributed by atoms with Gasteiger partial charge in [0.05, 0.1) is 34.8 Å². The molecule has 2 aliphatic rings. The molecule has 6 N–H and O–H groups in total. The molecule has 4 atom stereocenters. The predicted octanol–water partition coefficient (Wildman–Crippen LogP) is 6.07. The van der Waals surface area contributed by atoms with Crippen LogP contribution in [-0.4, -0.2) is 110 Å². The van der Waals surface area contributed by atoms with Crippen LogP contribution in [0.2, 0.25) is 0 Å². The Morgan fingerprint density at radius 2 is 1.70 bits per heavy atom. The quantitative estimate of drug-likeness (QED) is 0.0585. The summed E-state index contributed by atoms with van der Waals surface area (Å²) in [6.45, 7) is 11.0. The summed E-state index contributed by atoms with van der Waals surface area (Å²) in [6, 6.07) is 25.0. The third kappa shape index (κ3) is 12.1. The van der Waals surface area contributed by atoms with Crippen molar-refractivity contribution in [2.45, 2.75) is 77.6 Å². The number of nitrogens with two attached hydrogens (primary N) is 1. The lowest BCUT2D eigenvalue weighted by Crippen LogP contribution is -2.49. The summed E-state index contributed by atoms with van der Waals surface area (Å²) >= 11 is 1.58. The molecular weight excluding hydrogens is 899 g/mol. The molecular formula is C51H59N9O8S. The minimum atomic E-state index is -0.843. The fraction of sp³-hybridized carbons (Fsp3) is 0.392. The maximum absolute atomic E-state index is 14.1. The summed E-state index contributed by atoms with van der Waals surface area (Å²) in [5, 5.41) is 39.1. The highest BCUT2D eigenvalue weighted by Gasteiger charge is 2.43. The fourth-order valence-corrected chi connectivity index (χ4v) is 9.64. The summed E-state index contributed by atoms with van der Waals surface area (Å²) in [6.07, 6.45) is 0.356. The van der Waals surface area contributed by atoms with Crippen LogP contribution in [0.3, 0.4) is 0 Å². The number of amides is 3. The number of para-hydroxylation sites is 1. The number of ether oxygens (including phenoxy) is 2. The number of carbonyl (C=O) groups excluding carboxylic acids is 3. The number of nitrogens with one attached hydrogen (secondary N) is 2. The first-order chi connectivity index (χ1) is 33.3. The van der Waals surface area contributed by atoms with Gasteiger partial charge in [-0.25, -0.2) is 4.98 Å². The molecule has 2 saturated heterocycles. The molecule has 0 unspecified atom stereocenters. The summed E-state index contributed by atoms with van der Waals surface area (Å²) in [5.41, 5.74) is 13.8. The van der Waals surface area contributed by atoms with Crippen molar-refractivity contribution in [1.82, 2.24) is 40.8 Å². The van der Waals surface area contributed by atoms with Gasteiger partial charge in [0.1, 0.15) is 30.0 Å². The van der Waals surface area contributed by atoms with Crippen LogP contribution < -0.4 is 25.8 Å².